The van der Waals surface area contributed by atoms with Gasteiger partial charge in [0.15, 0.2) is 0 Å². The second kappa shape index (κ2) is 4.46. The van der Waals surface area contributed by atoms with E-state index in [1.807, 2.05) is 29.9 Å². The van der Waals surface area contributed by atoms with Crippen molar-refractivity contribution in [1.29, 1.82) is 0 Å². The maximum absolute atomic E-state index is 5.45. The molecule has 0 amide bonds. The van der Waals surface area contributed by atoms with Crippen molar-refractivity contribution in [2.24, 2.45) is 7.05 Å². The minimum absolute atomic E-state index is 0.885. The highest BCUT2D eigenvalue weighted by molar-refractivity contribution is 5.71. The third-order valence-corrected chi connectivity index (χ3v) is 3.43. The van der Waals surface area contributed by atoms with E-state index >= 15 is 0 Å². The molecule has 2 heterocycles. The molecule has 0 spiro atoms. The molecule has 1 aromatic heterocycles. The number of ether oxygens (including phenoxy) is 1. The highest BCUT2D eigenvalue weighted by Gasteiger charge is 2.21. The number of rotatable bonds is 2. The number of hydrogen-bond acceptors (Lipinski definition) is 3. The van der Waals surface area contributed by atoms with E-state index in [0.29, 0.717) is 0 Å². The lowest BCUT2D eigenvalue weighted by Crippen LogP contribution is -2.23. The molecule has 0 radical (unpaired) electrons. The number of para-hydroxylation sites is 1. The number of benzene rings is 1. The number of aryl methyl sites for hydroxylation is 1. The Labute approximate surface area is 107 Å². The number of methoxy groups -OCH3 is 1. The van der Waals surface area contributed by atoms with Gasteiger partial charge in [-0.3, -0.25) is 4.68 Å². The van der Waals surface area contributed by atoms with Gasteiger partial charge in [-0.15, -0.1) is 0 Å². The number of aromatic nitrogens is 2. The third-order valence-electron chi connectivity index (χ3n) is 3.43. The predicted octanol–water partition coefficient (Wildman–Crippen LogP) is 1.74. The van der Waals surface area contributed by atoms with Crippen LogP contribution in [-0.2, 0) is 20.0 Å². The molecule has 0 fully saturated rings. The van der Waals surface area contributed by atoms with E-state index < -0.39 is 0 Å². The van der Waals surface area contributed by atoms with E-state index in [0.717, 1.165) is 36.5 Å². The quantitative estimate of drug-likeness (QED) is 0.873. The molecule has 0 aliphatic carbocycles. The lowest BCUT2D eigenvalue weighted by atomic mass is 10.0. The monoisotopic (exact) mass is 243 g/mol. The van der Waals surface area contributed by atoms with E-state index in [9.17, 15) is 0 Å². The molecular formula is C14H17N3O. The van der Waals surface area contributed by atoms with Gasteiger partial charge in [0.2, 0.25) is 0 Å². The number of fused-ring (bicyclic) bond motifs is 1. The topological polar surface area (TPSA) is 39.1 Å². The molecule has 94 valence electrons. The van der Waals surface area contributed by atoms with Crippen molar-refractivity contribution in [1.82, 2.24) is 15.1 Å². The summed E-state index contributed by atoms with van der Waals surface area (Å²) in [5.41, 5.74) is 4.78. The largest absolute Gasteiger partial charge is 0.496 e. The van der Waals surface area contributed by atoms with E-state index in [1.165, 1.54) is 11.3 Å². The first-order chi connectivity index (χ1) is 8.81. The molecule has 1 N–H and O–H groups in total. The standard InChI is InChI=1S/C14H17N3O/c1-17-14(10-5-3-4-6-13(10)18-2)11-9-15-8-7-12(11)16-17/h3-6,15H,7-9H2,1-2H3. The zero-order valence-electron chi connectivity index (χ0n) is 10.7. The Bertz CT molecular complexity index is 574. The zero-order valence-corrected chi connectivity index (χ0v) is 10.7. The van der Waals surface area contributed by atoms with Crippen molar-refractivity contribution in [3.8, 4) is 17.0 Å². The van der Waals surface area contributed by atoms with E-state index in [-0.39, 0.29) is 0 Å². The van der Waals surface area contributed by atoms with Crippen LogP contribution in [-0.4, -0.2) is 23.4 Å². The SMILES string of the molecule is COc1ccccc1-c1c2c(nn1C)CCNC2. The molecule has 0 unspecified atom stereocenters. The summed E-state index contributed by atoms with van der Waals surface area (Å²) in [6.45, 7) is 1.89. The molecule has 2 aromatic rings. The summed E-state index contributed by atoms with van der Waals surface area (Å²) >= 11 is 0. The summed E-state index contributed by atoms with van der Waals surface area (Å²) in [6.07, 6.45) is 0.998. The Morgan fingerprint density at radius 1 is 1.33 bits per heavy atom. The minimum Gasteiger partial charge on any atom is -0.496 e. The van der Waals surface area contributed by atoms with Crippen LogP contribution in [0.15, 0.2) is 24.3 Å². The van der Waals surface area contributed by atoms with Crippen LogP contribution in [0.3, 0.4) is 0 Å². The summed E-state index contributed by atoms with van der Waals surface area (Å²) in [5, 5.41) is 8.03. The fourth-order valence-corrected chi connectivity index (χ4v) is 2.61. The first-order valence-electron chi connectivity index (χ1n) is 6.20. The van der Waals surface area contributed by atoms with Gasteiger partial charge in [-0.25, -0.2) is 0 Å². The van der Waals surface area contributed by atoms with E-state index in [4.69, 9.17) is 4.74 Å². The van der Waals surface area contributed by atoms with Gasteiger partial charge in [0, 0.05) is 37.7 Å². The molecule has 4 heteroatoms. The fraction of sp³-hybridized carbons (Fsp3) is 0.357. The Kier molecular flexibility index (Phi) is 2.80. The van der Waals surface area contributed by atoms with Crippen LogP contribution >= 0.6 is 0 Å². The van der Waals surface area contributed by atoms with E-state index in [2.05, 4.69) is 16.5 Å². The minimum atomic E-state index is 0.885. The van der Waals surface area contributed by atoms with Crippen LogP contribution in [0.4, 0.5) is 0 Å². The van der Waals surface area contributed by atoms with Crippen LogP contribution in [0.2, 0.25) is 0 Å². The Morgan fingerprint density at radius 2 is 2.17 bits per heavy atom. The van der Waals surface area contributed by atoms with Crippen molar-refractivity contribution in [3.63, 3.8) is 0 Å². The summed E-state index contributed by atoms with van der Waals surface area (Å²) in [4.78, 5) is 0. The smallest absolute Gasteiger partial charge is 0.128 e. The zero-order chi connectivity index (χ0) is 12.5. The molecular weight excluding hydrogens is 226 g/mol. The second-order valence-electron chi connectivity index (χ2n) is 4.52. The molecule has 1 aromatic carbocycles. The molecule has 0 saturated carbocycles. The average Bonchev–Trinajstić information content (AvgIpc) is 2.74. The van der Waals surface area contributed by atoms with Crippen molar-refractivity contribution in [2.45, 2.75) is 13.0 Å². The highest BCUT2D eigenvalue weighted by Crippen LogP contribution is 2.34. The first-order valence-corrected chi connectivity index (χ1v) is 6.20. The number of nitrogens with one attached hydrogen (secondary N) is 1. The lowest BCUT2D eigenvalue weighted by Gasteiger charge is -2.14. The van der Waals surface area contributed by atoms with Crippen molar-refractivity contribution in [3.05, 3.63) is 35.5 Å². The predicted molar refractivity (Wildman–Crippen MR) is 70.6 cm³/mol. The fourth-order valence-electron chi connectivity index (χ4n) is 2.61. The molecule has 0 saturated heterocycles. The third kappa shape index (κ3) is 1.69. The molecule has 1 aliphatic rings. The summed E-state index contributed by atoms with van der Waals surface area (Å²) < 4.78 is 7.42. The lowest BCUT2D eigenvalue weighted by molar-refractivity contribution is 0.416. The van der Waals surface area contributed by atoms with Gasteiger partial charge in [0.25, 0.3) is 0 Å². The van der Waals surface area contributed by atoms with Gasteiger partial charge in [-0.1, -0.05) is 12.1 Å². The normalized spacial score (nSPS) is 14.3. The van der Waals surface area contributed by atoms with Crippen LogP contribution in [0.1, 0.15) is 11.3 Å². The average molecular weight is 243 g/mol. The summed E-state index contributed by atoms with van der Waals surface area (Å²) in [7, 11) is 3.71. The van der Waals surface area contributed by atoms with Crippen molar-refractivity contribution >= 4 is 0 Å². The van der Waals surface area contributed by atoms with Crippen LogP contribution < -0.4 is 10.1 Å². The first kappa shape index (κ1) is 11.3. The number of hydrogen-bond donors (Lipinski definition) is 1. The maximum Gasteiger partial charge on any atom is 0.128 e. The molecule has 0 atom stereocenters. The second-order valence-corrected chi connectivity index (χ2v) is 4.52. The highest BCUT2D eigenvalue weighted by atomic mass is 16.5. The molecule has 3 rings (SSSR count). The van der Waals surface area contributed by atoms with Gasteiger partial charge < -0.3 is 10.1 Å². The maximum atomic E-state index is 5.45. The summed E-state index contributed by atoms with van der Waals surface area (Å²) in [5.74, 6) is 0.897. The molecule has 18 heavy (non-hydrogen) atoms. The molecule has 1 aliphatic heterocycles. The van der Waals surface area contributed by atoms with Gasteiger partial charge in [0.1, 0.15) is 5.75 Å². The summed E-state index contributed by atoms with van der Waals surface area (Å²) in [6, 6.07) is 8.10. The van der Waals surface area contributed by atoms with Crippen molar-refractivity contribution < 1.29 is 4.74 Å². The van der Waals surface area contributed by atoms with Gasteiger partial charge in [-0.2, -0.15) is 5.10 Å². The van der Waals surface area contributed by atoms with Crippen molar-refractivity contribution in [2.75, 3.05) is 13.7 Å². The van der Waals surface area contributed by atoms with E-state index in [1.54, 1.807) is 7.11 Å². The molecule has 4 nitrogen and oxygen atoms in total. The Hall–Kier alpha value is -1.81. The Balaban J connectivity index is 2.19. The van der Waals surface area contributed by atoms with Crippen LogP contribution in [0.25, 0.3) is 11.3 Å². The van der Waals surface area contributed by atoms with Crippen LogP contribution in [0.5, 0.6) is 5.75 Å². The van der Waals surface area contributed by atoms with Gasteiger partial charge in [-0.05, 0) is 12.1 Å². The van der Waals surface area contributed by atoms with Gasteiger partial charge in [0.05, 0.1) is 18.5 Å². The molecule has 0 bridgehead atoms. The van der Waals surface area contributed by atoms with Crippen LogP contribution in [0, 0.1) is 0 Å². The number of nitrogens with zero attached hydrogens (tertiary/aromatic N) is 2. The Morgan fingerprint density at radius 3 is 3.00 bits per heavy atom. The van der Waals surface area contributed by atoms with Gasteiger partial charge >= 0.3 is 0 Å².